The van der Waals surface area contributed by atoms with Gasteiger partial charge in [0.05, 0.1) is 17.6 Å². The summed E-state index contributed by atoms with van der Waals surface area (Å²) in [6.07, 6.45) is 5.45. The van der Waals surface area contributed by atoms with E-state index in [-0.39, 0.29) is 18.0 Å². The number of amides is 1. The molecule has 1 aliphatic heterocycles. The zero-order chi connectivity index (χ0) is 24.7. The predicted molar refractivity (Wildman–Crippen MR) is 140 cm³/mol. The predicted octanol–water partition coefficient (Wildman–Crippen LogP) is 6.26. The summed E-state index contributed by atoms with van der Waals surface area (Å²) >= 11 is 1.63. The maximum atomic E-state index is 12.5. The van der Waals surface area contributed by atoms with E-state index in [2.05, 4.69) is 40.7 Å². The number of fused-ring (bicyclic) bond motifs is 3. The molecule has 4 aromatic rings. The summed E-state index contributed by atoms with van der Waals surface area (Å²) in [7, 11) is 0. The van der Waals surface area contributed by atoms with Crippen LogP contribution < -0.4 is 10.1 Å². The molecule has 8 heteroatoms. The molecule has 1 aromatic carbocycles. The van der Waals surface area contributed by atoms with Gasteiger partial charge in [-0.05, 0) is 81.7 Å². The van der Waals surface area contributed by atoms with Gasteiger partial charge in [-0.2, -0.15) is 0 Å². The van der Waals surface area contributed by atoms with Crippen molar-refractivity contribution in [3.63, 3.8) is 0 Å². The summed E-state index contributed by atoms with van der Waals surface area (Å²) < 4.78 is 6.01. The summed E-state index contributed by atoms with van der Waals surface area (Å²) in [5, 5.41) is 4.52. The van der Waals surface area contributed by atoms with Gasteiger partial charge in [-0.3, -0.25) is 9.78 Å². The fourth-order valence-electron chi connectivity index (χ4n) is 4.68. The van der Waals surface area contributed by atoms with Gasteiger partial charge in [0.25, 0.3) is 0 Å². The number of rotatable bonds is 5. The van der Waals surface area contributed by atoms with E-state index in [4.69, 9.17) is 4.74 Å². The Morgan fingerprint density at radius 3 is 2.74 bits per heavy atom. The highest BCUT2D eigenvalue weighted by atomic mass is 32.1. The zero-order valence-electron chi connectivity index (χ0n) is 20.2. The number of carbonyl (C=O) groups excluding carboxylic acids is 1. The summed E-state index contributed by atoms with van der Waals surface area (Å²) in [6.45, 7) is 11.8. The lowest BCUT2D eigenvalue weighted by Gasteiger charge is -2.38. The molecule has 178 valence electrons. The number of thiophene rings is 1. The molecule has 0 aliphatic carbocycles. The lowest BCUT2D eigenvalue weighted by molar-refractivity contribution is -0.130. The van der Waals surface area contributed by atoms with E-state index in [0.29, 0.717) is 5.75 Å². The van der Waals surface area contributed by atoms with Crippen molar-refractivity contribution in [1.29, 1.82) is 0 Å². The molecule has 0 saturated carbocycles. The maximum Gasteiger partial charge on any atom is 0.246 e. The van der Waals surface area contributed by atoms with Gasteiger partial charge in [-0.15, -0.1) is 11.3 Å². The molecule has 0 spiro atoms. The number of aryl methyl sites for hydroxylation is 2. The third-order valence-corrected chi connectivity index (χ3v) is 7.68. The third-order valence-electron chi connectivity index (χ3n) is 6.37. The fraction of sp³-hybridized carbons (Fsp3) is 0.259. The number of carbonyl (C=O) groups is 1. The largest absolute Gasteiger partial charge is 0.455 e. The number of nitrogens with zero attached hydrogens (tertiary/aromatic N) is 4. The Hall–Kier alpha value is -3.78. The molecule has 1 amide bonds. The number of pyridine rings is 1. The standard InChI is InChI=1S/C27H27N5O2S/c1-6-23(33)32-17(4)12-21-24-26(29-14-30-27(24)35-25(21)18(32)5)31-19-8-10-22(15(2)11-19)34-20-9-7-16(3)28-13-20/h6-11,13-14,17-18H,1,12H2,2-5H3,(H,29,30,31)/t17-,18-/m1/s1. The minimum Gasteiger partial charge on any atom is -0.455 e. The van der Waals surface area contributed by atoms with E-state index < -0.39 is 0 Å². The van der Waals surface area contributed by atoms with Crippen LogP contribution in [0.3, 0.4) is 0 Å². The van der Waals surface area contributed by atoms with Crippen LogP contribution in [0.25, 0.3) is 10.2 Å². The Balaban J connectivity index is 1.45. The smallest absolute Gasteiger partial charge is 0.246 e. The number of aromatic nitrogens is 3. The molecular weight excluding hydrogens is 458 g/mol. The monoisotopic (exact) mass is 485 g/mol. The van der Waals surface area contributed by atoms with Crippen LogP contribution in [-0.4, -0.2) is 31.8 Å². The molecular formula is C27H27N5O2S. The minimum absolute atomic E-state index is 0.0405. The lowest BCUT2D eigenvalue weighted by atomic mass is 9.94. The van der Waals surface area contributed by atoms with Gasteiger partial charge in [-0.1, -0.05) is 6.58 Å². The Morgan fingerprint density at radius 1 is 1.20 bits per heavy atom. The van der Waals surface area contributed by atoms with Crippen molar-refractivity contribution in [2.45, 2.75) is 46.2 Å². The molecule has 0 unspecified atom stereocenters. The molecule has 35 heavy (non-hydrogen) atoms. The van der Waals surface area contributed by atoms with Crippen molar-refractivity contribution in [2.24, 2.45) is 0 Å². The molecule has 3 aromatic heterocycles. The lowest BCUT2D eigenvalue weighted by Crippen LogP contribution is -2.43. The van der Waals surface area contributed by atoms with Crippen molar-refractivity contribution in [1.82, 2.24) is 19.9 Å². The SMILES string of the molecule is C=CC(=O)N1[C@H](C)Cc2c(sc3ncnc(Nc4ccc(Oc5ccc(C)nc5)c(C)c4)c23)[C@H]1C. The van der Waals surface area contributed by atoms with Gasteiger partial charge in [0, 0.05) is 22.3 Å². The molecule has 0 bridgehead atoms. The van der Waals surface area contributed by atoms with E-state index in [9.17, 15) is 4.79 Å². The molecule has 1 N–H and O–H groups in total. The Bertz CT molecular complexity index is 1430. The molecule has 0 fully saturated rings. The first-order valence-electron chi connectivity index (χ1n) is 11.5. The van der Waals surface area contributed by atoms with Gasteiger partial charge < -0.3 is 15.0 Å². The highest BCUT2D eigenvalue weighted by Crippen LogP contribution is 2.44. The van der Waals surface area contributed by atoms with E-state index >= 15 is 0 Å². The number of hydrogen-bond acceptors (Lipinski definition) is 7. The summed E-state index contributed by atoms with van der Waals surface area (Å²) in [5.41, 5.74) is 4.07. The molecule has 1 aliphatic rings. The van der Waals surface area contributed by atoms with E-state index in [1.165, 1.54) is 11.6 Å². The second-order valence-electron chi connectivity index (χ2n) is 8.87. The Morgan fingerprint density at radius 2 is 2.03 bits per heavy atom. The first-order chi connectivity index (χ1) is 16.9. The minimum atomic E-state index is -0.0447. The van der Waals surface area contributed by atoms with Gasteiger partial charge in [0.1, 0.15) is 28.5 Å². The van der Waals surface area contributed by atoms with Crippen LogP contribution in [0.2, 0.25) is 0 Å². The van der Waals surface area contributed by atoms with Gasteiger partial charge >= 0.3 is 0 Å². The summed E-state index contributed by atoms with van der Waals surface area (Å²) in [4.78, 5) is 29.9. The van der Waals surface area contributed by atoms with Crippen LogP contribution in [-0.2, 0) is 11.2 Å². The molecule has 7 nitrogen and oxygen atoms in total. The number of ether oxygens (including phenoxy) is 1. The van der Waals surface area contributed by atoms with Gasteiger partial charge in [0.2, 0.25) is 5.91 Å². The maximum absolute atomic E-state index is 12.5. The number of hydrogen-bond donors (Lipinski definition) is 1. The molecule has 0 saturated heterocycles. The van der Waals surface area contributed by atoms with Crippen LogP contribution in [0.15, 0.2) is 55.5 Å². The second kappa shape index (κ2) is 9.11. The van der Waals surface area contributed by atoms with Gasteiger partial charge in [-0.25, -0.2) is 9.97 Å². The molecule has 0 radical (unpaired) electrons. The molecule has 2 atom stereocenters. The van der Waals surface area contributed by atoms with Crippen molar-refractivity contribution >= 4 is 39.0 Å². The summed E-state index contributed by atoms with van der Waals surface area (Å²) in [6, 6.07) is 9.83. The fourth-order valence-corrected chi connectivity index (χ4v) is 5.90. The zero-order valence-corrected chi connectivity index (χ0v) is 21.0. The number of anilines is 2. The number of benzene rings is 1. The van der Waals surface area contributed by atoms with Crippen LogP contribution in [0.1, 0.15) is 41.6 Å². The average Bonchev–Trinajstić information content (AvgIpc) is 3.22. The van der Waals surface area contributed by atoms with Crippen molar-refractivity contribution in [2.75, 3.05) is 5.32 Å². The van der Waals surface area contributed by atoms with Crippen molar-refractivity contribution in [3.05, 3.63) is 77.2 Å². The highest BCUT2D eigenvalue weighted by molar-refractivity contribution is 7.19. The average molecular weight is 486 g/mol. The van der Waals surface area contributed by atoms with Crippen LogP contribution in [0.4, 0.5) is 11.5 Å². The Kier molecular flexibility index (Phi) is 5.98. The first kappa shape index (κ1) is 23.0. The van der Waals surface area contributed by atoms with Gasteiger partial charge in [0.15, 0.2) is 0 Å². The van der Waals surface area contributed by atoms with Crippen LogP contribution in [0.5, 0.6) is 11.5 Å². The number of nitrogens with one attached hydrogen (secondary N) is 1. The quantitative estimate of drug-likeness (QED) is 0.336. The molecule has 4 heterocycles. The van der Waals surface area contributed by atoms with Crippen LogP contribution >= 0.6 is 11.3 Å². The summed E-state index contributed by atoms with van der Waals surface area (Å²) in [5.74, 6) is 2.20. The first-order valence-corrected chi connectivity index (χ1v) is 12.4. The van der Waals surface area contributed by atoms with E-state index in [0.717, 1.165) is 50.0 Å². The van der Waals surface area contributed by atoms with Crippen LogP contribution in [0, 0.1) is 13.8 Å². The highest BCUT2D eigenvalue weighted by Gasteiger charge is 2.35. The molecule has 5 rings (SSSR count). The normalized spacial score (nSPS) is 17.2. The topological polar surface area (TPSA) is 80.2 Å². The van der Waals surface area contributed by atoms with E-state index in [1.54, 1.807) is 23.9 Å². The van der Waals surface area contributed by atoms with E-state index in [1.807, 2.05) is 49.1 Å². The Labute approximate surface area is 208 Å². The third kappa shape index (κ3) is 4.25. The second-order valence-corrected chi connectivity index (χ2v) is 9.90. The van der Waals surface area contributed by atoms with Crippen molar-refractivity contribution in [3.8, 4) is 11.5 Å². The van der Waals surface area contributed by atoms with Crippen molar-refractivity contribution < 1.29 is 9.53 Å².